The minimum Gasteiger partial charge on any atom is -0.484 e. The van der Waals surface area contributed by atoms with Crippen molar-refractivity contribution in [2.75, 3.05) is 19.7 Å². The smallest absolute Gasteiger partial charge is 0.260 e. The Morgan fingerprint density at radius 1 is 1.57 bits per heavy atom. The van der Waals surface area contributed by atoms with E-state index in [9.17, 15) is 14.3 Å². The number of benzene rings is 1. The predicted molar refractivity (Wildman–Crippen MR) is 77.9 cm³/mol. The maximum Gasteiger partial charge on any atom is 0.260 e. The zero-order valence-electron chi connectivity index (χ0n) is 12.1. The van der Waals surface area contributed by atoms with Crippen LogP contribution in [0.4, 0.5) is 4.39 Å². The second-order valence-corrected chi connectivity index (χ2v) is 6.25. The molecule has 2 rings (SSSR count). The van der Waals surface area contributed by atoms with Crippen LogP contribution in [-0.2, 0) is 4.79 Å². The largest absolute Gasteiger partial charge is 0.484 e. The number of ether oxygens (including phenoxy) is 1. The van der Waals surface area contributed by atoms with Crippen molar-refractivity contribution in [3.63, 3.8) is 0 Å². The lowest BCUT2D eigenvalue weighted by molar-refractivity contribution is -0.132. The molecule has 0 spiro atoms. The van der Waals surface area contributed by atoms with Crippen LogP contribution in [0, 0.1) is 11.7 Å². The fourth-order valence-corrected chi connectivity index (χ4v) is 2.54. The van der Waals surface area contributed by atoms with E-state index < -0.39 is 11.4 Å². The van der Waals surface area contributed by atoms with Crippen LogP contribution < -0.4 is 4.74 Å². The summed E-state index contributed by atoms with van der Waals surface area (Å²) < 4.78 is 18.3. The van der Waals surface area contributed by atoms with E-state index in [1.165, 1.54) is 18.2 Å². The highest BCUT2D eigenvalue weighted by molar-refractivity contribution is 6.30. The van der Waals surface area contributed by atoms with Gasteiger partial charge in [-0.05, 0) is 32.4 Å². The standard InChI is InChI=1S/C15H19ClFNO3/c1-15(2,20)10-5-6-18(8-10)14(19)9-21-11-3-4-13(17)12(16)7-11/h3-4,7,10,20H,5-6,8-9H2,1-2H3/t10-/m0/s1. The SMILES string of the molecule is CC(C)(O)[C@H]1CCN(C(=O)COc2ccc(F)c(Cl)c2)C1. The van der Waals surface area contributed by atoms with Gasteiger partial charge in [0.05, 0.1) is 10.6 Å². The summed E-state index contributed by atoms with van der Waals surface area (Å²) in [6.07, 6.45) is 0.775. The highest BCUT2D eigenvalue weighted by Gasteiger charge is 2.35. The number of hydrogen-bond acceptors (Lipinski definition) is 3. The maximum absolute atomic E-state index is 13.0. The lowest BCUT2D eigenvalue weighted by atomic mass is 9.90. The number of aliphatic hydroxyl groups is 1. The van der Waals surface area contributed by atoms with Crippen LogP contribution in [0.3, 0.4) is 0 Å². The Balaban J connectivity index is 1.87. The second kappa shape index (κ2) is 6.20. The fraction of sp³-hybridized carbons (Fsp3) is 0.533. The van der Waals surface area contributed by atoms with Gasteiger partial charge in [0.1, 0.15) is 11.6 Å². The Morgan fingerprint density at radius 3 is 2.86 bits per heavy atom. The van der Waals surface area contributed by atoms with Gasteiger partial charge in [0.15, 0.2) is 6.61 Å². The summed E-state index contributed by atoms with van der Waals surface area (Å²) in [4.78, 5) is 13.7. The quantitative estimate of drug-likeness (QED) is 0.928. The molecule has 1 aliphatic rings. The Hall–Kier alpha value is -1.33. The summed E-state index contributed by atoms with van der Waals surface area (Å²) in [5, 5.41) is 9.92. The number of halogens is 2. The lowest BCUT2D eigenvalue weighted by Crippen LogP contribution is -2.37. The van der Waals surface area contributed by atoms with E-state index in [1.54, 1.807) is 18.7 Å². The highest BCUT2D eigenvalue weighted by atomic mass is 35.5. The molecule has 1 fully saturated rings. The number of nitrogens with zero attached hydrogens (tertiary/aromatic N) is 1. The number of carbonyl (C=O) groups is 1. The first kappa shape index (κ1) is 16.0. The van der Waals surface area contributed by atoms with Gasteiger partial charge >= 0.3 is 0 Å². The molecule has 0 aliphatic carbocycles. The van der Waals surface area contributed by atoms with Crippen molar-refractivity contribution in [3.8, 4) is 5.75 Å². The number of rotatable bonds is 4. The first-order valence-corrected chi connectivity index (χ1v) is 7.23. The molecule has 21 heavy (non-hydrogen) atoms. The van der Waals surface area contributed by atoms with Gasteiger partial charge in [0.2, 0.25) is 0 Å². The van der Waals surface area contributed by atoms with E-state index in [-0.39, 0.29) is 23.5 Å². The molecule has 4 nitrogen and oxygen atoms in total. The summed E-state index contributed by atoms with van der Waals surface area (Å²) >= 11 is 5.65. The van der Waals surface area contributed by atoms with Gasteiger partial charge in [-0.2, -0.15) is 0 Å². The number of likely N-dealkylation sites (tertiary alicyclic amines) is 1. The summed E-state index contributed by atoms with van der Waals surface area (Å²) in [6, 6.07) is 3.97. The molecular formula is C15H19ClFNO3. The summed E-state index contributed by atoms with van der Waals surface area (Å²) in [6.45, 7) is 4.52. The van der Waals surface area contributed by atoms with Gasteiger partial charge in [-0.15, -0.1) is 0 Å². The first-order valence-electron chi connectivity index (χ1n) is 6.85. The first-order chi connectivity index (χ1) is 9.77. The summed E-state index contributed by atoms with van der Waals surface area (Å²) in [5.41, 5.74) is -0.791. The molecule has 1 amide bonds. The fourth-order valence-electron chi connectivity index (χ4n) is 2.37. The minimum atomic E-state index is -0.791. The van der Waals surface area contributed by atoms with Crippen molar-refractivity contribution in [2.45, 2.75) is 25.9 Å². The Kier molecular flexibility index (Phi) is 4.74. The molecule has 0 unspecified atom stereocenters. The van der Waals surface area contributed by atoms with Crippen molar-refractivity contribution in [2.24, 2.45) is 5.92 Å². The normalized spacial score (nSPS) is 18.9. The third kappa shape index (κ3) is 4.08. The third-order valence-electron chi connectivity index (χ3n) is 3.79. The van der Waals surface area contributed by atoms with Crippen molar-refractivity contribution in [1.29, 1.82) is 0 Å². The molecule has 0 aromatic heterocycles. The Bertz CT molecular complexity index is 530. The predicted octanol–water partition coefficient (Wildman–Crippen LogP) is 2.48. The molecule has 0 saturated carbocycles. The van der Waals surface area contributed by atoms with E-state index in [4.69, 9.17) is 16.3 Å². The Labute approximate surface area is 128 Å². The zero-order chi connectivity index (χ0) is 15.6. The summed E-state index contributed by atoms with van der Waals surface area (Å²) in [7, 11) is 0. The van der Waals surface area contributed by atoms with E-state index in [2.05, 4.69) is 0 Å². The molecule has 1 aliphatic heterocycles. The zero-order valence-corrected chi connectivity index (χ0v) is 12.9. The molecule has 1 saturated heterocycles. The minimum absolute atomic E-state index is 0.0387. The highest BCUT2D eigenvalue weighted by Crippen LogP contribution is 2.27. The third-order valence-corrected chi connectivity index (χ3v) is 4.08. The Morgan fingerprint density at radius 2 is 2.29 bits per heavy atom. The van der Waals surface area contributed by atoms with E-state index in [0.717, 1.165) is 6.42 Å². The molecule has 6 heteroatoms. The molecule has 1 aromatic carbocycles. The van der Waals surface area contributed by atoms with Crippen LogP contribution >= 0.6 is 11.6 Å². The maximum atomic E-state index is 13.0. The number of amides is 1. The number of carbonyl (C=O) groups excluding carboxylic acids is 1. The molecule has 0 bridgehead atoms. The lowest BCUT2D eigenvalue weighted by Gasteiger charge is -2.25. The van der Waals surface area contributed by atoms with Crippen LogP contribution in [0.25, 0.3) is 0 Å². The topological polar surface area (TPSA) is 49.8 Å². The molecule has 1 heterocycles. The van der Waals surface area contributed by atoms with Gasteiger partial charge in [-0.25, -0.2) is 4.39 Å². The molecule has 116 valence electrons. The molecule has 1 aromatic rings. The van der Waals surface area contributed by atoms with Crippen LogP contribution in [0.5, 0.6) is 5.75 Å². The van der Waals surface area contributed by atoms with Gasteiger partial charge in [0, 0.05) is 25.1 Å². The average molecular weight is 316 g/mol. The van der Waals surface area contributed by atoms with Crippen LogP contribution in [0.15, 0.2) is 18.2 Å². The second-order valence-electron chi connectivity index (χ2n) is 5.84. The molecular weight excluding hydrogens is 297 g/mol. The molecule has 0 radical (unpaired) electrons. The van der Waals surface area contributed by atoms with Crippen LogP contribution in [0.2, 0.25) is 5.02 Å². The molecule has 1 atom stereocenters. The van der Waals surface area contributed by atoms with Gasteiger partial charge in [-0.1, -0.05) is 11.6 Å². The van der Waals surface area contributed by atoms with Gasteiger partial charge in [0.25, 0.3) is 5.91 Å². The van der Waals surface area contributed by atoms with Crippen LogP contribution in [0.1, 0.15) is 20.3 Å². The van der Waals surface area contributed by atoms with E-state index in [1.807, 2.05) is 0 Å². The van der Waals surface area contributed by atoms with Crippen molar-refractivity contribution < 1.29 is 19.0 Å². The van der Waals surface area contributed by atoms with Crippen molar-refractivity contribution >= 4 is 17.5 Å². The van der Waals surface area contributed by atoms with E-state index >= 15 is 0 Å². The molecule has 1 N–H and O–H groups in total. The van der Waals surface area contributed by atoms with Crippen molar-refractivity contribution in [1.82, 2.24) is 4.90 Å². The average Bonchev–Trinajstić information content (AvgIpc) is 2.89. The van der Waals surface area contributed by atoms with Gasteiger partial charge in [-0.3, -0.25) is 4.79 Å². The number of hydrogen-bond donors (Lipinski definition) is 1. The van der Waals surface area contributed by atoms with Gasteiger partial charge < -0.3 is 14.7 Å². The summed E-state index contributed by atoms with van der Waals surface area (Å²) in [5.74, 6) is -0.250. The van der Waals surface area contributed by atoms with Crippen molar-refractivity contribution in [3.05, 3.63) is 29.0 Å². The van der Waals surface area contributed by atoms with Crippen LogP contribution in [-0.4, -0.2) is 41.2 Å². The van der Waals surface area contributed by atoms with E-state index in [0.29, 0.717) is 18.8 Å². The monoisotopic (exact) mass is 315 g/mol.